The monoisotopic (exact) mass is 339 g/mol. The van der Waals surface area contributed by atoms with Crippen molar-refractivity contribution in [2.45, 2.75) is 4.90 Å². The summed E-state index contributed by atoms with van der Waals surface area (Å²) in [7, 11) is -2.26. The SMILES string of the molecule is C=C(Br)CNS(=O)(=O)c1ccc(Cl)cc1OC. The molecule has 0 heterocycles. The number of ether oxygens (including phenoxy) is 1. The second-order valence-corrected chi connectivity index (χ2v) is 6.43. The second kappa shape index (κ2) is 5.86. The molecule has 0 amide bonds. The molecule has 0 saturated heterocycles. The van der Waals surface area contributed by atoms with Crippen LogP contribution in [0.4, 0.5) is 0 Å². The van der Waals surface area contributed by atoms with E-state index in [4.69, 9.17) is 16.3 Å². The molecule has 0 saturated carbocycles. The van der Waals surface area contributed by atoms with Gasteiger partial charge in [-0.3, -0.25) is 0 Å². The molecule has 94 valence electrons. The molecule has 0 atom stereocenters. The van der Waals surface area contributed by atoms with E-state index in [1.807, 2.05) is 0 Å². The zero-order chi connectivity index (χ0) is 13.1. The lowest BCUT2D eigenvalue weighted by atomic mass is 10.3. The van der Waals surface area contributed by atoms with E-state index in [-0.39, 0.29) is 17.2 Å². The summed E-state index contributed by atoms with van der Waals surface area (Å²) >= 11 is 8.83. The fourth-order valence-electron chi connectivity index (χ4n) is 1.11. The lowest BCUT2D eigenvalue weighted by Gasteiger charge is -2.10. The van der Waals surface area contributed by atoms with Crippen molar-refractivity contribution in [2.24, 2.45) is 0 Å². The van der Waals surface area contributed by atoms with Crippen LogP contribution in [-0.2, 0) is 10.0 Å². The first-order valence-electron chi connectivity index (χ1n) is 4.53. The van der Waals surface area contributed by atoms with Crippen LogP contribution >= 0.6 is 27.5 Å². The molecular formula is C10H11BrClNO3S. The number of hydrogen-bond acceptors (Lipinski definition) is 3. The Morgan fingerprint density at radius 2 is 2.24 bits per heavy atom. The standard InChI is InChI=1S/C10H11BrClNO3S/c1-7(11)6-13-17(14,15)10-4-3-8(12)5-9(10)16-2/h3-5,13H,1,6H2,2H3. The van der Waals surface area contributed by atoms with Gasteiger partial charge in [-0.1, -0.05) is 34.1 Å². The van der Waals surface area contributed by atoms with Crippen LogP contribution in [-0.4, -0.2) is 22.1 Å². The van der Waals surface area contributed by atoms with Crippen LogP contribution in [0.5, 0.6) is 5.75 Å². The normalized spacial score (nSPS) is 11.2. The van der Waals surface area contributed by atoms with E-state index in [9.17, 15) is 8.42 Å². The van der Waals surface area contributed by atoms with Gasteiger partial charge in [-0.15, -0.1) is 0 Å². The highest BCUT2D eigenvalue weighted by atomic mass is 79.9. The topological polar surface area (TPSA) is 55.4 Å². The van der Waals surface area contributed by atoms with E-state index >= 15 is 0 Å². The summed E-state index contributed by atoms with van der Waals surface area (Å²) in [5, 5.41) is 0.408. The molecule has 7 heteroatoms. The molecule has 0 aliphatic rings. The number of methoxy groups -OCH3 is 1. The average molecular weight is 341 g/mol. The Morgan fingerprint density at radius 3 is 2.76 bits per heavy atom. The molecule has 1 aromatic carbocycles. The van der Waals surface area contributed by atoms with Crippen LogP contribution in [0.1, 0.15) is 0 Å². The maximum atomic E-state index is 11.9. The van der Waals surface area contributed by atoms with Crippen molar-refractivity contribution in [1.82, 2.24) is 4.72 Å². The molecule has 1 rings (SSSR count). The largest absolute Gasteiger partial charge is 0.495 e. The van der Waals surface area contributed by atoms with Gasteiger partial charge in [0.2, 0.25) is 10.0 Å². The molecule has 4 nitrogen and oxygen atoms in total. The molecule has 17 heavy (non-hydrogen) atoms. The molecule has 0 aromatic heterocycles. The molecule has 0 fully saturated rings. The van der Waals surface area contributed by atoms with E-state index in [0.717, 1.165) is 0 Å². The zero-order valence-electron chi connectivity index (χ0n) is 9.04. The maximum absolute atomic E-state index is 11.9. The van der Waals surface area contributed by atoms with Gasteiger partial charge in [-0.05, 0) is 12.1 Å². The smallest absolute Gasteiger partial charge is 0.244 e. The van der Waals surface area contributed by atoms with Gasteiger partial charge in [0.1, 0.15) is 10.6 Å². The first-order valence-corrected chi connectivity index (χ1v) is 7.18. The molecule has 0 aliphatic heterocycles. The number of nitrogens with one attached hydrogen (secondary N) is 1. The highest BCUT2D eigenvalue weighted by Crippen LogP contribution is 2.26. The van der Waals surface area contributed by atoms with Gasteiger partial charge in [-0.2, -0.15) is 0 Å². The van der Waals surface area contributed by atoms with Crippen molar-refractivity contribution < 1.29 is 13.2 Å². The molecule has 0 unspecified atom stereocenters. The van der Waals surface area contributed by atoms with Crippen LogP contribution in [0.15, 0.2) is 34.2 Å². The second-order valence-electron chi connectivity index (χ2n) is 3.14. The minimum absolute atomic E-state index is 0.0400. The summed E-state index contributed by atoms with van der Waals surface area (Å²) in [5.74, 6) is 0.199. The lowest BCUT2D eigenvalue weighted by molar-refractivity contribution is 0.402. The Labute approximate surface area is 114 Å². The maximum Gasteiger partial charge on any atom is 0.244 e. The molecule has 0 bridgehead atoms. The molecule has 0 spiro atoms. The van der Waals surface area contributed by atoms with Crippen LogP contribution in [0.25, 0.3) is 0 Å². The average Bonchev–Trinajstić information content (AvgIpc) is 2.26. The number of halogens is 2. The van der Waals surface area contributed by atoms with Gasteiger partial charge < -0.3 is 4.74 Å². The van der Waals surface area contributed by atoms with Crippen LogP contribution in [0.2, 0.25) is 5.02 Å². The van der Waals surface area contributed by atoms with Crippen molar-refractivity contribution in [2.75, 3.05) is 13.7 Å². The summed E-state index contributed by atoms with van der Waals surface area (Å²) in [6.45, 7) is 3.65. The Kier molecular flexibility index (Phi) is 5.00. The highest BCUT2D eigenvalue weighted by molar-refractivity contribution is 9.11. The van der Waals surface area contributed by atoms with Gasteiger partial charge in [0, 0.05) is 22.1 Å². The zero-order valence-corrected chi connectivity index (χ0v) is 12.2. The molecule has 0 radical (unpaired) electrons. The van der Waals surface area contributed by atoms with Crippen molar-refractivity contribution in [3.05, 3.63) is 34.3 Å². The predicted octanol–water partition coefficient (Wildman–Crippen LogP) is 2.54. The minimum atomic E-state index is -3.64. The van der Waals surface area contributed by atoms with Crippen molar-refractivity contribution in [3.8, 4) is 5.75 Å². The van der Waals surface area contributed by atoms with Crippen LogP contribution in [0, 0.1) is 0 Å². The summed E-state index contributed by atoms with van der Waals surface area (Å²) in [6.07, 6.45) is 0. The third kappa shape index (κ3) is 3.99. The number of hydrogen-bond donors (Lipinski definition) is 1. The van der Waals surface area contributed by atoms with Crippen LogP contribution < -0.4 is 9.46 Å². The number of benzene rings is 1. The Hall–Kier alpha value is -0.560. The van der Waals surface area contributed by atoms with Gasteiger partial charge in [-0.25, -0.2) is 13.1 Å². The van der Waals surface area contributed by atoms with Gasteiger partial charge in [0.15, 0.2) is 0 Å². The summed E-state index contributed by atoms with van der Waals surface area (Å²) in [6, 6.07) is 4.32. The van der Waals surface area contributed by atoms with E-state index in [0.29, 0.717) is 9.51 Å². The Balaban J connectivity index is 3.10. The van der Waals surface area contributed by atoms with Gasteiger partial charge in [0.05, 0.1) is 7.11 Å². The van der Waals surface area contributed by atoms with Crippen LogP contribution in [0.3, 0.4) is 0 Å². The minimum Gasteiger partial charge on any atom is -0.495 e. The van der Waals surface area contributed by atoms with E-state index in [1.165, 1.54) is 25.3 Å². The Morgan fingerprint density at radius 1 is 1.59 bits per heavy atom. The van der Waals surface area contributed by atoms with Crippen molar-refractivity contribution >= 4 is 37.6 Å². The summed E-state index contributed by atoms with van der Waals surface area (Å²) in [5.41, 5.74) is 0. The third-order valence-electron chi connectivity index (χ3n) is 1.87. The quantitative estimate of drug-likeness (QED) is 0.896. The van der Waals surface area contributed by atoms with Crippen molar-refractivity contribution in [1.29, 1.82) is 0 Å². The van der Waals surface area contributed by atoms with Gasteiger partial charge >= 0.3 is 0 Å². The predicted molar refractivity (Wildman–Crippen MR) is 71.3 cm³/mol. The summed E-state index contributed by atoms with van der Waals surface area (Å²) in [4.78, 5) is 0.0400. The fourth-order valence-corrected chi connectivity index (χ4v) is 2.78. The van der Waals surface area contributed by atoms with E-state index in [1.54, 1.807) is 0 Å². The lowest BCUT2D eigenvalue weighted by Crippen LogP contribution is -2.25. The van der Waals surface area contributed by atoms with E-state index in [2.05, 4.69) is 27.2 Å². The van der Waals surface area contributed by atoms with E-state index < -0.39 is 10.0 Å². The highest BCUT2D eigenvalue weighted by Gasteiger charge is 2.19. The first-order chi connectivity index (χ1) is 7.86. The number of rotatable bonds is 5. The summed E-state index contributed by atoms with van der Waals surface area (Å²) < 4.78 is 31.8. The molecule has 0 aliphatic carbocycles. The fraction of sp³-hybridized carbons (Fsp3) is 0.200. The molecule has 1 N–H and O–H groups in total. The number of sulfonamides is 1. The Bertz CT molecular complexity index is 530. The van der Waals surface area contributed by atoms with Gasteiger partial charge in [0.25, 0.3) is 0 Å². The third-order valence-corrected chi connectivity index (χ3v) is 3.83. The van der Waals surface area contributed by atoms with Crippen molar-refractivity contribution in [3.63, 3.8) is 0 Å². The molecule has 1 aromatic rings. The molecular weight excluding hydrogens is 330 g/mol. The first kappa shape index (κ1) is 14.5.